The maximum atomic E-state index is 14.6. The van der Waals surface area contributed by atoms with E-state index in [1.807, 2.05) is 0 Å². The Labute approximate surface area is 278 Å². The van der Waals surface area contributed by atoms with Gasteiger partial charge >= 0.3 is 11.9 Å². The number of hydrogen-bond donors (Lipinski definition) is 8. The lowest BCUT2D eigenvalue weighted by atomic mass is 9.45. The van der Waals surface area contributed by atoms with Gasteiger partial charge < -0.3 is 52.8 Å². The summed E-state index contributed by atoms with van der Waals surface area (Å²) in [5.41, 5.74) is 10.9. The second kappa shape index (κ2) is 12.0. The molecule has 262 valence electrons. The zero-order valence-electron chi connectivity index (χ0n) is 27.0. The molecule has 3 aliphatic rings. The Morgan fingerprint density at radius 2 is 1.63 bits per heavy atom. The first-order chi connectivity index (χ1) is 22.7. The van der Waals surface area contributed by atoms with Crippen LogP contribution in [-0.4, -0.2) is 111 Å². The van der Waals surface area contributed by atoms with E-state index in [1.165, 1.54) is 34.0 Å². The summed E-state index contributed by atoms with van der Waals surface area (Å²) in [6.07, 6.45) is -2.40. The number of carbonyl (C=O) groups excluding carboxylic acids is 5. The fourth-order valence-corrected chi connectivity index (χ4v) is 6.81. The first-order valence-corrected chi connectivity index (χ1v) is 14.7. The van der Waals surface area contributed by atoms with Crippen molar-refractivity contribution in [1.29, 1.82) is 5.26 Å². The number of amides is 1. The Balaban J connectivity index is 2.05. The smallest absolute Gasteiger partial charge is 0.347 e. The molecule has 0 heterocycles. The van der Waals surface area contributed by atoms with Gasteiger partial charge in [0.2, 0.25) is 0 Å². The van der Waals surface area contributed by atoms with Crippen molar-refractivity contribution >= 4 is 40.9 Å². The standard InChI is InChI=1S/C30H36N8O11/c1-6-48-25(46)27(3,26(47)49-7-2)37-36-12-9-8-11-13(16(12)39)17(40)15-22(43)28(10-31)21(42)14(23(33)44)18(41)20(38(4)5)30(28,35)24(45)29(15,34)19(11)32/h8-9,19-20,24,39-40,42,45H,6-7,32,34-35H2,1-5H3,(H2,33,44)/t19-,20+,24-,28-,29+,30-/m0/s1. The van der Waals surface area contributed by atoms with Crippen LogP contribution in [0.4, 0.5) is 5.69 Å². The molecule has 0 bridgehead atoms. The van der Waals surface area contributed by atoms with Gasteiger partial charge in [-0.2, -0.15) is 15.5 Å². The number of aliphatic hydroxyl groups is 3. The van der Waals surface area contributed by atoms with Gasteiger partial charge in [-0.05, 0) is 46.5 Å². The Morgan fingerprint density at radius 1 is 1.08 bits per heavy atom. The van der Waals surface area contributed by atoms with Gasteiger partial charge in [0, 0.05) is 0 Å². The largest absolute Gasteiger partial charge is 0.509 e. The van der Waals surface area contributed by atoms with Crippen molar-refractivity contribution in [2.45, 2.75) is 55.6 Å². The minimum atomic E-state index is -3.17. The molecule has 1 aromatic rings. The third-order valence-electron chi connectivity index (χ3n) is 9.24. The Hall–Kier alpha value is -5.26. The van der Waals surface area contributed by atoms with Crippen molar-refractivity contribution in [3.05, 3.63) is 40.2 Å². The molecule has 1 amide bonds. The summed E-state index contributed by atoms with van der Waals surface area (Å²) in [6.45, 7) is 3.77. The van der Waals surface area contributed by atoms with E-state index >= 15 is 0 Å². The number of Topliss-reactive ketones (excluding diaryl/α,β-unsaturated/α-hetero) is 2. The van der Waals surface area contributed by atoms with E-state index < -0.39 is 109 Å². The topological polar surface area (TPSA) is 341 Å². The number of fused-ring (bicyclic) bond motifs is 3. The van der Waals surface area contributed by atoms with Gasteiger partial charge in [0.15, 0.2) is 22.7 Å². The van der Waals surface area contributed by atoms with Crippen LogP contribution in [0.1, 0.15) is 37.9 Å². The maximum Gasteiger partial charge on any atom is 0.347 e. The molecule has 1 fully saturated rings. The number of hydrogen-bond acceptors (Lipinski definition) is 18. The van der Waals surface area contributed by atoms with Crippen LogP contribution < -0.4 is 22.9 Å². The van der Waals surface area contributed by atoms with Gasteiger partial charge in [-0.15, -0.1) is 0 Å². The third kappa shape index (κ3) is 4.49. The highest BCUT2D eigenvalue weighted by Gasteiger charge is 2.79. The van der Waals surface area contributed by atoms with E-state index in [0.29, 0.717) is 0 Å². The predicted octanol–water partition coefficient (Wildman–Crippen LogP) is -1.70. The van der Waals surface area contributed by atoms with E-state index in [9.17, 15) is 49.7 Å². The van der Waals surface area contributed by atoms with Crippen LogP contribution >= 0.6 is 0 Å². The number of nitriles is 1. The number of primary amides is 1. The molecule has 0 radical (unpaired) electrons. The first kappa shape index (κ1) is 36.6. The van der Waals surface area contributed by atoms with Crippen molar-refractivity contribution in [3.63, 3.8) is 0 Å². The van der Waals surface area contributed by atoms with Crippen molar-refractivity contribution < 1.29 is 53.9 Å². The van der Waals surface area contributed by atoms with Crippen molar-refractivity contribution in [2.75, 3.05) is 27.3 Å². The predicted molar refractivity (Wildman–Crippen MR) is 165 cm³/mol. The molecule has 12 N–H and O–H groups in total. The number of esters is 2. The third-order valence-corrected chi connectivity index (χ3v) is 9.24. The Kier molecular flexibility index (Phi) is 8.96. The molecular weight excluding hydrogens is 648 g/mol. The van der Waals surface area contributed by atoms with E-state index in [2.05, 4.69) is 10.2 Å². The molecule has 0 spiro atoms. The first-order valence-electron chi connectivity index (χ1n) is 14.7. The van der Waals surface area contributed by atoms with E-state index in [-0.39, 0.29) is 18.8 Å². The van der Waals surface area contributed by atoms with Crippen LogP contribution in [0, 0.1) is 16.7 Å². The highest BCUT2D eigenvalue weighted by Crippen LogP contribution is 2.60. The van der Waals surface area contributed by atoms with Crippen LogP contribution in [0.5, 0.6) is 5.75 Å². The number of likely N-dealkylation sites (N-methyl/N-ethyl adjacent to an activating group) is 1. The average Bonchev–Trinajstić information content (AvgIpc) is 3.02. The SMILES string of the molecule is CCOC(=O)C(C)(N=Nc1ccc2c(c1O)C(O)=C1C(=O)[C@]3(C#N)C(O)=C(C(N)=O)C(=O)[C@@H](N(C)C)[C@]3(N)[C@@H](O)[C@]1(N)[C@H]2N)C(=O)OCC. The van der Waals surface area contributed by atoms with Gasteiger partial charge in [0.25, 0.3) is 11.4 Å². The lowest BCUT2D eigenvalue weighted by Gasteiger charge is -2.62. The highest BCUT2D eigenvalue weighted by molar-refractivity contribution is 6.26. The van der Waals surface area contributed by atoms with E-state index in [1.54, 1.807) is 6.07 Å². The minimum absolute atomic E-state index is 0.128. The molecule has 4 rings (SSSR count). The van der Waals surface area contributed by atoms with Crippen molar-refractivity contribution in [1.82, 2.24) is 4.90 Å². The minimum Gasteiger partial charge on any atom is -0.509 e. The number of azo groups is 1. The molecule has 0 unspecified atom stereocenters. The summed E-state index contributed by atoms with van der Waals surface area (Å²) in [4.78, 5) is 66.9. The van der Waals surface area contributed by atoms with Crippen LogP contribution in [-0.2, 0) is 33.4 Å². The molecule has 0 saturated heterocycles. The quantitative estimate of drug-likeness (QED) is 0.0654. The number of ketones is 2. The lowest BCUT2D eigenvalue weighted by molar-refractivity contribution is -0.163. The number of ether oxygens (including phenoxy) is 2. The Bertz CT molecular complexity index is 1810. The summed E-state index contributed by atoms with van der Waals surface area (Å²) >= 11 is 0. The fraction of sp³-hybridized carbons (Fsp3) is 0.467. The number of aromatic hydroxyl groups is 1. The number of nitrogens with zero attached hydrogens (tertiary/aromatic N) is 4. The van der Waals surface area contributed by atoms with Crippen molar-refractivity contribution in [3.8, 4) is 11.8 Å². The van der Waals surface area contributed by atoms with E-state index in [4.69, 9.17) is 32.4 Å². The number of phenolic OH excluding ortho intramolecular Hbond substituents is 1. The van der Waals surface area contributed by atoms with E-state index in [0.717, 1.165) is 17.9 Å². The van der Waals surface area contributed by atoms with Gasteiger partial charge in [0.05, 0.1) is 48.0 Å². The average molecular weight is 685 g/mol. The molecule has 1 aromatic carbocycles. The number of nitrogens with two attached hydrogens (primary N) is 4. The van der Waals surface area contributed by atoms with Crippen LogP contribution in [0.15, 0.2) is 39.3 Å². The molecule has 1 saturated carbocycles. The zero-order chi connectivity index (χ0) is 37.2. The zero-order valence-corrected chi connectivity index (χ0v) is 27.0. The highest BCUT2D eigenvalue weighted by atomic mass is 16.6. The van der Waals surface area contributed by atoms with Gasteiger partial charge in [-0.25, -0.2) is 9.59 Å². The van der Waals surface area contributed by atoms with Gasteiger partial charge in [-0.3, -0.25) is 19.3 Å². The summed E-state index contributed by atoms with van der Waals surface area (Å²) in [7, 11) is 2.56. The molecule has 19 nitrogen and oxygen atoms in total. The maximum absolute atomic E-state index is 14.6. The molecule has 19 heteroatoms. The van der Waals surface area contributed by atoms with Crippen molar-refractivity contribution in [2.24, 2.45) is 38.6 Å². The summed E-state index contributed by atoms with van der Waals surface area (Å²) in [5.74, 6) is -10.1. The monoisotopic (exact) mass is 684 g/mol. The molecule has 49 heavy (non-hydrogen) atoms. The number of rotatable bonds is 8. The van der Waals surface area contributed by atoms with Crippen LogP contribution in [0.25, 0.3) is 5.76 Å². The molecule has 0 aliphatic heterocycles. The van der Waals surface area contributed by atoms with Gasteiger partial charge in [-0.1, -0.05) is 6.07 Å². The molecule has 3 aliphatic carbocycles. The summed E-state index contributed by atoms with van der Waals surface area (Å²) in [5, 5.41) is 64.5. The summed E-state index contributed by atoms with van der Waals surface area (Å²) in [6, 6.07) is 0.203. The van der Waals surface area contributed by atoms with Crippen LogP contribution in [0.2, 0.25) is 0 Å². The van der Waals surface area contributed by atoms with Crippen LogP contribution in [0.3, 0.4) is 0 Å². The fourth-order valence-electron chi connectivity index (χ4n) is 6.81. The summed E-state index contributed by atoms with van der Waals surface area (Å²) < 4.78 is 9.86. The number of benzene rings is 1. The van der Waals surface area contributed by atoms with Gasteiger partial charge in [0.1, 0.15) is 34.4 Å². The second-order valence-electron chi connectivity index (χ2n) is 12.1. The number of phenols is 1. The lowest BCUT2D eigenvalue weighted by Crippen LogP contribution is -2.87. The number of aliphatic hydroxyl groups excluding tert-OH is 3. The number of carbonyl (C=O) groups is 5. The Morgan fingerprint density at radius 3 is 2.10 bits per heavy atom. The second-order valence-corrected chi connectivity index (χ2v) is 12.1. The molecule has 0 aromatic heterocycles. The normalized spacial score (nSPS) is 29.7. The molecule has 6 atom stereocenters. The molecular formula is C30H36N8O11.